The maximum atomic E-state index is 13.2. The minimum absolute atomic E-state index is 0.159. The molecule has 0 saturated carbocycles. The monoisotopic (exact) mass is 419 g/mol. The van der Waals surface area contributed by atoms with E-state index in [-0.39, 0.29) is 24.3 Å². The van der Waals surface area contributed by atoms with Crippen molar-refractivity contribution in [3.8, 4) is 0 Å². The summed E-state index contributed by atoms with van der Waals surface area (Å²) < 4.78 is 11.0. The van der Waals surface area contributed by atoms with E-state index in [1.165, 1.54) is 0 Å². The Bertz CT molecular complexity index is 1050. The summed E-state index contributed by atoms with van der Waals surface area (Å²) in [4.78, 5) is 26.3. The Kier molecular flexibility index (Phi) is 6.52. The Balaban J connectivity index is 1.76. The van der Waals surface area contributed by atoms with E-state index in [1.54, 1.807) is 0 Å². The van der Waals surface area contributed by atoms with Crippen molar-refractivity contribution >= 4 is 22.5 Å². The highest BCUT2D eigenvalue weighted by Gasteiger charge is 2.43. The first-order chi connectivity index (χ1) is 15.1. The number of benzene rings is 2. The zero-order valence-electron chi connectivity index (χ0n) is 18.1. The van der Waals surface area contributed by atoms with Crippen molar-refractivity contribution in [2.24, 2.45) is 5.92 Å². The Morgan fingerprint density at radius 3 is 2.71 bits per heavy atom. The molecule has 0 spiro atoms. The molecular weight excluding hydrogens is 390 g/mol. The number of ketones is 1. The van der Waals surface area contributed by atoms with Crippen LogP contribution >= 0.6 is 0 Å². The molecule has 162 valence electrons. The molecule has 31 heavy (non-hydrogen) atoms. The fraction of sp³-hybridized carbons (Fsp3) is 0.385. The summed E-state index contributed by atoms with van der Waals surface area (Å²) in [7, 11) is 0. The molecule has 0 fully saturated rings. The molecule has 0 saturated heterocycles. The van der Waals surface area contributed by atoms with Crippen molar-refractivity contribution in [2.45, 2.75) is 39.0 Å². The van der Waals surface area contributed by atoms with Crippen LogP contribution in [0.3, 0.4) is 0 Å². The SMILES string of the molecule is CCCOCCOC(=O)C1=C(C)NC2=CCCC(=O)C2C1c1cccc2ccccc12. The van der Waals surface area contributed by atoms with E-state index in [2.05, 4.69) is 29.6 Å². The van der Waals surface area contributed by atoms with Crippen molar-refractivity contribution < 1.29 is 19.1 Å². The van der Waals surface area contributed by atoms with Gasteiger partial charge in [0.1, 0.15) is 12.4 Å². The van der Waals surface area contributed by atoms with Crippen LogP contribution in [0.1, 0.15) is 44.6 Å². The van der Waals surface area contributed by atoms with Gasteiger partial charge in [-0.1, -0.05) is 55.5 Å². The van der Waals surface area contributed by atoms with E-state index in [0.717, 1.165) is 40.6 Å². The van der Waals surface area contributed by atoms with Gasteiger partial charge in [-0.25, -0.2) is 4.79 Å². The van der Waals surface area contributed by atoms with Gasteiger partial charge in [0.15, 0.2) is 0 Å². The molecule has 5 nitrogen and oxygen atoms in total. The summed E-state index contributed by atoms with van der Waals surface area (Å²) in [5, 5.41) is 5.47. The van der Waals surface area contributed by atoms with Gasteiger partial charge < -0.3 is 14.8 Å². The third-order valence-electron chi connectivity index (χ3n) is 6.00. The van der Waals surface area contributed by atoms with Gasteiger partial charge in [0.2, 0.25) is 0 Å². The summed E-state index contributed by atoms with van der Waals surface area (Å²) in [6.45, 7) is 5.13. The predicted octanol–water partition coefficient (Wildman–Crippen LogP) is 4.63. The maximum absolute atomic E-state index is 13.2. The van der Waals surface area contributed by atoms with E-state index < -0.39 is 5.92 Å². The van der Waals surface area contributed by atoms with Crippen LogP contribution in [0.5, 0.6) is 0 Å². The molecule has 1 aliphatic carbocycles. The number of hydrogen-bond acceptors (Lipinski definition) is 5. The summed E-state index contributed by atoms with van der Waals surface area (Å²) in [5.74, 6) is -1.01. The van der Waals surface area contributed by atoms with Crippen molar-refractivity contribution in [2.75, 3.05) is 19.8 Å². The lowest BCUT2D eigenvalue weighted by Crippen LogP contribution is -2.41. The van der Waals surface area contributed by atoms with Crippen LogP contribution in [0.2, 0.25) is 0 Å². The van der Waals surface area contributed by atoms with Crippen LogP contribution in [0.15, 0.2) is 65.5 Å². The molecular formula is C26H29NO4. The van der Waals surface area contributed by atoms with Gasteiger partial charge in [-0.2, -0.15) is 0 Å². The Hall–Kier alpha value is -2.92. The largest absolute Gasteiger partial charge is 0.460 e. The Labute approximate surface area is 183 Å². The second-order valence-electron chi connectivity index (χ2n) is 8.10. The zero-order valence-corrected chi connectivity index (χ0v) is 18.1. The average Bonchev–Trinajstić information content (AvgIpc) is 2.77. The first-order valence-corrected chi connectivity index (χ1v) is 11.0. The molecule has 0 aromatic heterocycles. The number of hydrogen-bond donors (Lipinski definition) is 1. The van der Waals surface area contributed by atoms with Crippen LogP contribution in [0.25, 0.3) is 10.8 Å². The average molecular weight is 420 g/mol. The number of fused-ring (bicyclic) bond motifs is 2. The number of Topliss-reactive ketones (excluding diaryl/α,β-unsaturated/α-hetero) is 1. The quantitative estimate of drug-likeness (QED) is 0.523. The molecule has 0 radical (unpaired) electrons. The number of carbonyl (C=O) groups is 2. The van der Waals surface area contributed by atoms with Crippen molar-refractivity contribution in [1.29, 1.82) is 0 Å². The van der Waals surface area contributed by atoms with Crippen molar-refractivity contribution in [3.63, 3.8) is 0 Å². The zero-order chi connectivity index (χ0) is 21.8. The Morgan fingerprint density at radius 1 is 1.06 bits per heavy atom. The third kappa shape index (κ3) is 4.28. The Morgan fingerprint density at radius 2 is 1.87 bits per heavy atom. The second kappa shape index (κ2) is 9.48. The van der Waals surface area contributed by atoms with Gasteiger partial charge in [0, 0.05) is 30.3 Å². The molecule has 2 unspecified atom stereocenters. The van der Waals surface area contributed by atoms with Crippen molar-refractivity contribution in [3.05, 3.63) is 71.1 Å². The lowest BCUT2D eigenvalue weighted by molar-refractivity contribution is -0.141. The molecule has 5 heteroatoms. The van der Waals surface area contributed by atoms with Crippen molar-refractivity contribution in [1.82, 2.24) is 5.32 Å². The van der Waals surface area contributed by atoms with Crippen LogP contribution < -0.4 is 5.32 Å². The summed E-state index contributed by atoms with van der Waals surface area (Å²) in [6.07, 6.45) is 4.23. The number of allylic oxidation sites excluding steroid dienone is 3. The van der Waals surface area contributed by atoms with E-state index in [1.807, 2.05) is 38.1 Å². The molecule has 2 aromatic rings. The van der Waals surface area contributed by atoms with Gasteiger partial charge >= 0.3 is 5.97 Å². The summed E-state index contributed by atoms with van der Waals surface area (Å²) >= 11 is 0. The van der Waals surface area contributed by atoms with E-state index in [4.69, 9.17) is 9.47 Å². The van der Waals surface area contributed by atoms with Crippen LogP contribution in [0.4, 0.5) is 0 Å². The van der Waals surface area contributed by atoms with Gasteiger partial charge in [0.25, 0.3) is 0 Å². The molecule has 1 heterocycles. The van der Waals surface area contributed by atoms with Gasteiger partial charge in [-0.3, -0.25) is 4.79 Å². The van der Waals surface area contributed by atoms with Gasteiger partial charge in [-0.05, 0) is 36.1 Å². The van der Waals surface area contributed by atoms with E-state index >= 15 is 0 Å². The first-order valence-electron chi connectivity index (χ1n) is 11.0. The number of rotatable bonds is 7. The first kappa shape index (κ1) is 21.3. The fourth-order valence-corrected chi connectivity index (χ4v) is 4.66. The highest BCUT2D eigenvalue weighted by molar-refractivity contribution is 5.98. The lowest BCUT2D eigenvalue weighted by Gasteiger charge is -2.38. The minimum Gasteiger partial charge on any atom is -0.460 e. The molecule has 1 N–H and O–H groups in total. The normalized spacial score (nSPS) is 20.8. The van der Waals surface area contributed by atoms with Crippen LogP contribution in [-0.4, -0.2) is 31.6 Å². The molecule has 0 bridgehead atoms. The van der Waals surface area contributed by atoms with Crippen LogP contribution in [0, 0.1) is 5.92 Å². The number of nitrogens with one attached hydrogen (secondary N) is 1. The third-order valence-corrected chi connectivity index (χ3v) is 6.00. The molecule has 1 aliphatic heterocycles. The number of carbonyl (C=O) groups excluding carboxylic acids is 2. The molecule has 4 rings (SSSR count). The lowest BCUT2D eigenvalue weighted by atomic mass is 9.70. The van der Waals surface area contributed by atoms with Gasteiger partial charge in [0.05, 0.1) is 18.1 Å². The van der Waals surface area contributed by atoms with Crippen LogP contribution in [-0.2, 0) is 19.1 Å². The molecule has 2 atom stereocenters. The standard InChI is InChI=1S/C26H29NO4/c1-3-14-30-15-16-31-26(29)23-17(2)27-21-12-7-13-22(28)25(21)24(23)20-11-6-9-18-8-4-5-10-19(18)20/h4-6,8-12,24-25,27H,3,7,13-16H2,1-2H3. The molecule has 2 aliphatic rings. The topological polar surface area (TPSA) is 64.6 Å². The minimum atomic E-state index is -0.401. The second-order valence-corrected chi connectivity index (χ2v) is 8.10. The highest BCUT2D eigenvalue weighted by atomic mass is 16.6. The smallest absolute Gasteiger partial charge is 0.336 e. The maximum Gasteiger partial charge on any atom is 0.336 e. The summed E-state index contributed by atoms with van der Waals surface area (Å²) in [5.41, 5.74) is 3.16. The van der Waals surface area contributed by atoms with E-state index in [0.29, 0.717) is 25.2 Å². The number of ether oxygens (including phenoxy) is 2. The fourth-order valence-electron chi connectivity index (χ4n) is 4.66. The number of esters is 1. The molecule has 2 aromatic carbocycles. The highest BCUT2D eigenvalue weighted by Crippen LogP contribution is 2.45. The summed E-state index contributed by atoms with van der Waals surface area (Å²) in [6, 6.07) is 14.2. The molecule has 0 amide bonds. The van der Waals surface area contributed by atoms with Gasteiger partial charge in [-0.15, -0.1) is 0 Å². The van der Waals surface area contributed by atoms with E-state index in [9.17, 15) is 9.59 Å². The predicted molar refractivity (Wildman–Crippen MR) is 120 cm³/mol.